The third-order valence-corrected chi connectivity index (χ3v) is 3.53. The van der Waals surface area contributed by atoms with E-state index in [0.717, 1.165) is 11.3 Å². The minimum Gasteiger partial charge on any atom is -0.464 e. The predicted octanol–water partition coefficient (Wildman–Crippen LogP) is 2.52. The summed E-state index contributed by atoms with van der Waals surface area (Å²) in [4.78, 5) is 12.3. The van der Waals surface area contributed by atoms with Gasteiger partial charge in [-0.1, -0.05) is 18.2 Å². The molecule has 4 heteroatoms. The van der Waals surface area contributed by atoms with Crippen molar-refractivity contribution in [3.8, 4) is 0 Å². The van der Waals surface area contributed by atoms with Crippen molar-refractivity contribution >= 4 is 11.7 Å². The monoisotopic (exact) mass is 263 g/mol. The Bertz CT molecular complexity index is 439. The number of ether oxygens (including phenoxy) is 2. The number of carbonyl (C=O) groups excluding carboxylic acids is 1. The van der Waals surface area contributed by atoms with Crippen molar-refractivity contribution in [2.75, 3.05) is 25.1 Å². The lowest BCUT2D eigenvalue weighted by Gasteiger charge is -2.36. The van der Waals surface area contributed by atoms with Crippen LogP contribution in [-0.2, 0) is 14.3 Å². The van der Waals surface area contributed by atoms with Gasteiger partial charge in [-0.3, -0.25) is 0 Å². The van der Waals surface area contributed by atoms with Gasteiger partial charge in [0.05, 0.1) is 6.61 Å². The molecule has 1 aliphatic heterocycles. The van der Waals surface area contributed by atoms with Gasteiger partial charge in [-0.05, 0) is 25.5 Å². The highest BCUT2D eigenvalue weighted by atomic mass is 16.5. The Morgan fingerprint density at radius 2 is 2.05 bits per heavy atom. The molecule has 0 bridgehead atoms. The first-order valence-electron chi connectivity index (χ1n) is 6.77. The van der Waals surface area contributed by atoms with E-state index in [-0.39, 0.29) is 5.97 Å². The Balaban J connectivity index is 2.23. The fraction of sp³-hybridized carbons (Fsp3) is 0.533. The molecule has 0 aromatic heterocycles. The summed E-state index contributed by atoms with van der Waals surface area (Å²) in [6.45, 7) is 5.42. The molecule has 19 heavy (non-hydrogen) atoms. The maximum absolute atomic E-state index is 12.3. The molecule has 1 aromatic rings. The SMILES string of the molecule is CCOC(=O)C1(Nc2ccccc2C)CCOCC1. The van der Waals surface area contributed by atoms with E-state index in [1.54, 1.807) is 0 Å². The Labute approximate surface area is 114 Å². The number of aryl methyl sites for hydroxylation is 1. The van der Waals surface area contributed by atoms with Crippen molar-refractivity contribution in [2.45, 2.75) is 32.2 Å². The maximum atomic E-state index is 12.3. The molecule has 1 saturated heterocycles. The Morgan fingerprint density at radius 3 is 2.68 bits per heavy atom. The van der Waals surface area contributed by atoms with Crippen LogP contribution in [0.5, 0.6) is 0 Å². The minimum absolute atomic E-state index is 0.179. The predicted molar refractivity (Wildman–Crippen MR) is 74.2 cm³/mol. The highest BCUT2D eigenvalue weighted by molar-refractivity contribution is 5.85. The standard InChI is InChI=1S/C15H21NO3/c1-3-19-14(17)15(8-10-18-11-9-15)16-13-7-5-4-6-12(13)2/h4-7,16H,3,8-11H2,1-2H3. The second kappa shape index (κ2) is 6.06. The molecule has 1 N–H and O–H groups in total. The third-order valence-electron chi connectivity index (χ3n) is 3.53. The largest absolute Gasteiger partial charge is 0.464 e. The molecule has 0 aliphatic carbocycles. The summed E-state index contributed by atoms with van der Waals surface area (Å²) in [6.07, 6.45) is 1.28. The fourth-order valence-corrected chi connectivity index (χ4v) is 2.34. The molecule has 1 aliphatic rings. The van der Waals surface area contributed by atoms with Crippen LogP contribution in [0, 0.1) is 6.92 Å². The number of rotatable bonds is 4. The second-order valence-electron chi connectivity index (χ2n) is 4.85. The molecule has 0 saturated carbocycles. The number of anilines is 1. The second-order valence-corrected chi connectivity index (χ2v) is 4.85. The van der Waals surface area contributed by atoms with Crippen molar-refractivity contribution in [1.82, 2.24) is 0 Å². The number of hydrogen-bond acceptors (Lipinski definition) is 4. The summed E-state index contributed by atoms with van der Waals surface area (Å²) in [5.74, 6) is -0.179. The van der Waals surface area contributed by atoms with Crippen LogP contribution in [-0.4, -0.2) is 31.3 Å². The third kappa shape index (κ3) is 3.07. The summed E-state index contributed by atoms with van der Waals surface area (Å²) in [6, 6.07) is 7.97. The molecule has 0 amide bonds. The van der Waals surface area contributed by atoms with E-state index in [2.05, 4.69) is 5.32 Å². The zero-order valence-corrected chi connectivity index (χ0v) is 11.6. The molecule has 0 unspecified atom stereocenters. The zero-order chi connectivity index (χ0) is 13.7. The van der Waals surface area contributed by atoms with Crippen LogP contribution in [0.4, 0.5) is 5.69 Å². The van der Waals surface area contributed by atoms with Gasteiger partial charge >= 0.3 is 5.97 Å². The average molecular weight is 263 g/mol. The Kier molecular flexibility index (Phi) is 4.43. The Morgan fingerprint density at radius 1 is 1.37 bits per heavy atom. The number of esters is 1. The van der Waals surface area contributed by atoms with Gasteiger partial charge in [0.15, 0.2) is 0 Å². The summed E-state index contributed by atoms with van der Waals surface area (Å²) in [5, 5.41) is 3.39. The van der Waals surface area contributed by atoms with Crippen molar-refractivity contribution in [2.24, 2.45) is 0 Å². The Hall–Kier alpha value is -1.55. The number of hydrogen-bond donors (Lipinski definition) is 1. The van der Waals surface area contributed by atoms with Crippen LogP contribution >= 0.6 is 0 Å². The zero-order valence-electron chi connectivity index (χ0n) is 11.6. The van der Waals surface area contributed by atoms with E-state index in [4.69, 9.17) is 9.47 Å². The van der Waals surface area contributed by atoms with Crippen molar-refractivity contribution in [1.29, 1.82) is 0 Å². The van der Waals surface area contributed by atoms with Crippen LogP contribution in [0.15, 0.2) is 24.3 Å². The van der Waals surface area contributed by atoms with Crippen LogP contribution < -0.4 is 5.32 Å². The van der Waals surface area contributed by atoms with E-state index < -0.39 is 5.54 Å². The molecule has 4 nitrogen and oxygen atoms in total. The molecular formula is C15H21NO3. The smallest absolute Gasteiger partial charge is 0.331 e. The summed E-state index contributed by atoms with van der Waals surface area (Å²) in [5.41, 5.74) is 1.45. The summed E-state index contributed by atoms with van der Waals surface area (Å²) in [7, 11) is 0. The maximum Gasteiger partial charge on any atom is 0.331 e. The summed E-state index contributed by atoms with van der Waals surface area (Å²) < 4.78 is 10.6. The van der Waals surface area contributed by atoms with Gasteiger partial charge in [0, 0.05) is 31.7 Å². The lowest BCUT2D eigenvalue weighted by Crippen LogP contribution is -2.51. The molecule has 1 fully saturated rings. The van der Waals surface area contributed by atoms with Crippen LogP contribution in [0.3, 0.4) is 0 Å². The molecule has 0 spiro atoms. The van der Waals surface area contributed by atoms with Gasteiger partial charge in [-0.25, -0.2) is 4.79 Å². The van der Waals surface area contributed by atoms with Crippen LogP contribution in [0.2, 0.25) is 0 Å². The number of nitrogens with one attached hydrogen (secondary N) is 1. The molecule has 104 valence electrons. The molecule has 2 rings (SSSR count). The minimum atomic E-state index is -0.652. The normalized spacial score (nSPS) is 17.8. The van der Waals surface area contributed by atoms with Gasteiger partial charge in [-0.2, -0.15) is 0 Å². The van der Waals surface area contributed by atoms with Crippen molar-refractivity contribution in [3.63, 3.8) is 0 Å². The molecular weight excluding hydrogens is 242 g/mol. The molecule has 0 atom stereocenters. The van der Waals surface area contributed by atoms with Gasteiger partial charge in [0.2, 0.25) is 0 Å². The first kappa shape index (κ1) is 13.9. The quantitative estimate of drug-likeness (QED) is 0.848. The van der Waals surface area contributed by atoms with Gasteiger partial charge in [-0.15, -0.1) is 0 Å². The van der Waals surface area contributed by atoms with E-state index in [1.807, 2.05) is 38.1 Å². The van der Waals surface area contributed by atoms with E-state index >= 15 is 0 Å². The topological polar surface area (TPSA) is 47.6 Å². The molecule has 0 radical (unpaired) electrons. The lowest BCUT2D eigenvalue weighted by atomic mass is 9.89. The van der Waals surface area contributed by atoms with Crippen LogP contribution in [0.25, 0.3) is 0 Å². The lowest BCUT2D eigenvalue weighted by molar-refractivity contribution is -0.152. The van der Waals surface area contributed by atoms with Gasteiger partial charge < -0.3 is 14.8 Å². The van der Waals surface area contributed by atoms with Gasteiger partial charge in [0.1, 0.15) is 5.54 Å². The molecule has 1 aromatic carbocycles. The van der Waals surface area contributed by atoms with E-state index in [0.29, 0.717) is 32.7 Å². The number of para-hydroxylation sites is 1. The highest BCUT2D eigenvalue weighted by Gasteiger charge is 2.41. The average Bonchev–Trinajstić information content (AvgIpc) is 2.43. The number of carbonyl (C=O) groups is 1. The van der Waals surface area contributed by atoms with E-state index in [9.17, 15) is 4.79 Å². The fourth-order valence-electron chi connectivity index (χ4n) is 2.34. The highest BCUT2D eigenvalue weighted by Crippen LogP contribution is 2.29. The first-order chi connectivity index (χ1) is 9.18. The van der Waals surface area contributed by atoms with Crippen molar-refractivity contribution < 1.29 is 14.3 Å². The van der Waals surface area contributed by atoms with Crippen LogP contribution in [0.1, 0.15) is 25.3 Å². The first-order valence-corrected chi connectivity index (χ1v) is 6.77. The van der Waals surface area contributed by atoms with Crippen molar-refractivity contribution in [3.05, 3.63) is 29.8 Å². The van der Waals surface area contributed by atoms with E-state index in [1.165, 1.54) is 0 Å². The molecule has 1 heterocycles. The number of benzene rings is 1. The summed E-state index contributed by atoms with van der Waals surface area (Å²) >= 11 is 0. The van der Waals surface area contributed by atoms with Gasteiger partial charge in [0.25, 0.3) is 0 Å².